The number of nitrogens with one attached hydrogen (secondary N) is 2. The Morgan fingerprint density at radius 3 is 2.77 bits per heavy atom. The summed E-state index contributed by atoms with van der Waals surface area (Å²) in [6.45, 7) is 4.73. The number of benzene rings is 1. The number of oxazole rings is 1. The smallest absolute Gasteiger partial charge is 0.408 e. The Kier molecular flexibility index (Phi) is 7.70. The second kappa shape index (κ2) is 9.27. The Morgan fingerprint density at radius 2 is 2.00 bits per heavy atom. The Hall–Kier alpha value is -1.79. The van der Waals surface area contributed by atoms with Crippen LogP contribution in [0.4, 0.5) is 0 Å². The average molecular weight is 328 g/mol. The molecule has 0 radical (unpaired) electrons. The maximum absolute atomic E-state index is 11.7. The van der Waals surface area contributed by atoms with Crippen LogP contribution in [0.15, 0.2) is 33.5 Å². The molecule has 0 saturated carbocycles. The van der Waals surface area contributed by atoms with Gasteiger partial charge in [-0.15, -0.1) is 12.4 Å². The minimum Gasteiger partial charge on any atom is -0.408 e. The molecule has 2 rings (SSSR count). The molecule has 0 aliphatic carbocycles. The summed E-state index contributed by atoms with van der Waals surface area (Å²) in [5.74, 6) is -0.487. The third-order valence-electron chi connectivity index (χ3n) is 3.19. The van der Waals surface area contributed by atoms with Crippen molar-refractivity contribution in [2.24, 2.45) is 0 Å². The van der Waals surface area contributed by atoms with E-state index in [0.717, 1.165) is 25.0 Å². The van der Waals surface area contributed by atoms with E-state index < -0.39 is 5.76 Å². The van der Waals surface area contributed by atoms with E-state index in [1.165, 1.54) is 4.57 Å². The minimum atomic E-state index is -0.423. The first-order valence-electron chi connectivity index (χ1n) is 7.28. The van der Waals surface area contributed by atoms with Gasteiger partial charge in [0.1, 0.15) is 0 Å². The van der Waals surface area contributed by atoms with Crippen LogP contribution in [-0.2, 0) is 11.3 Å². The van der Waals surface area contributed by atoms with Crippen LogP contribution in [0.2, 0.25) is 0 Å². The molecule has 6 nitrogen and oxygen atoms in total. The maximum atomic E-state index is 11.7. The number of rotatable bonds is 8. The van der Waals surface area contributed by atoms with Crippen molar-refractivity contribution >= 4 is 29.4 Å². The van der Waals surface area contributed by atoms with Crippen molar-refractivity contribution in [2.45, 2.75) is 26.3 Å². The monoisotopic (exact) mass is 327 g/mol. The maximum Gasteiger partial charge on any atom is 0.419 e. The van der Waals surface area contributed by atoms with E-state index in [1.54, 1.807) is 6.07 Å². The lowest BCUT2D eigenvalue weighted by Crippen LogP contribution is -2.33. The van der Waals surface area contributed by atoms with Gasteiger partial charge in [-0.05, 0) is 25.1 Å². The number of hydrogen-bond acceptors (Lipinski definition) is 4. The second-order valence-corrected chi connectivity index (χ2v) is 4.84. The fourth-order valence-electron chi connectivity index (χ4n) is 2.12. The highest BCUT2D eigenvalue weighted by Crippen LogP contribution is 2.11. The summed E-state index contributed by atoms with van der Waals surface area (Å²) in [5.41, 5.74) is 1.27. The molecule has 122 valence electrons. The number of amides is 1. The van der Waals surface area contributed by atoms with Gasteiger partial charge in [0.2, 0.25) is 5.91 Å². The summed E-state index contributed by atoms with van der Waals surface area (Å²) < 4.78 is 6.61. The zero-order valence-corrected chi connectivity index (χ0v) is 13.4. The normalized spacial score (nSPS) is 10.4. The summed E-state index contributed by atoms with van der Waals surface area (Å²) in [5, 5.41) is 6.03. The number of halogens is 1. The zero-order valence-electron chi connectivity index (χ0n) is 12.6. The van der Waals surface area contributed by atoms with Gasteiger partial charge in [0.05, 0.1) is 5.52 Å². The minimum absolute atomic E-state index is 0. The highest BCUT2D eigenvalue weighted by molar-refractivity contribution is 5.85. The van der Waals surface area contributed by atoms with Gasteiger partial charge >= 0.3 is 5.76 Å². The van der Waals surface area contributed by atoms with Gasteiger partial charge in [-0.1, -0.05) is 19.1 Å². The lowest BCUT2D eigenvalue weighted by Gasteiger charge is -2.06. The van der Waals surface area contributed by atoms with E-state index in [1.807, 2.05) is 18.2 Å². The van der Waals surface area contributed by atoms with E-state index in [0.29, 0.717) is 18.7 Å². The van der Waals surface area contributed by atoms with Crippen LogP contribution in [0.3, 0.4) is 0 Å². The summed E-state index contributed by atoms with van der Waals surface area (Å²) >= 11 is 0. The molecule has 0 bridgehead atoms. The summed E-state index contributed by atoms with van der Waals surface area (Å²) in [6.07, 6.45) is 1.33. The standard InChI is InChI=1S/C15H21N3O3.ClH/c1-2-8-16-9-10-17-14(19)7-11-18-12-5-3-4-6-13(12)21-15(18)20;/h3-6,16H,2,7-11H2,1H3,(H,17,19);1H. The Morgan fingerprint density at radius 1 is 1.23 bits per heavy atom. The van der Waals surface area contributed by atoms with Crippen LogP contribution >= 0.6 is 12.4 Å². The summed E-state index contributed by atoms with van der Waals surface area (Å²) in [7, 11) is 0. The molecule has 0 spiro atoms. The van der Waals surface area contributed by atoms with Crippen molar-refractivity contribution in [1.82, 2.24) is 15.2 Å². The largest absolute Gasteiger partial charge is 0.419 e. The highest BCUT2D eigenvalue weighted by Gasteiger charge is 2.09. The van der Waals surface area contributed by atoms with Crippen molar-refractivity contribution in [3.8, 4) is 0 Å². The van der Waals surface area contributed by atoms with Gasteiger partial charge in [0.15, 0.2) is 5.58 Å². The fraction of sp³-hybridized carbons (Fsp3) is 0.467. The van der Waals surface area contributed by atoms with Crippen molar-refractivity contribution in [3.05, 3.63) is 34.8 Å². The van der Waals surface area contributed by atoms with Crippen molar-refractivity contribution in [2.75, 3.05) is 19.6 Å². The summed E-state index contributed by atoms with van der Waals surface area (Å²) in [6, 6.07) is 7.21. The summed E-state index contributed by atoms with van der Waals surface area (Å²) in [4.78, 5) is 23.5. The van der Waals surface area contributed by atoms with Crippen molar-refractivity contribution in [3.63, 3.8) is 0 Å². The van der Waals surface area contributed by atoms with Crippen molar-refractivity contribution < 1.29 is 9.21 Å². The van der Waals surface area contributed by atoms with Crippen LogP contribution in [0.25, 0.3) is 11.1 Å². The van der Waals surface area contributed by atoms with Crippen LogP contribution in [-0.4, -0.2) is 30.1 Å². The predicted molar refractivity (Wildman–Crippen MR) is 88.5 cm³/mol. The Balaban J connectivity index is 0.00000242. The SMILES string of the molecule is CCCNCCNC(=O)CCn1c(=O)oc2ccccc21.Cl. The number of nitrogens with zero attached hydrogens (tertiary/aromatic N) is 1. The molecule has 0 unspecified atom stereocenters. The first-order valence-corrected chi connectivity index (χ1v) is 7.28. The van der Waals surface area contributed by atoms with E-state index in [4.69, 9.17) is 4.42 Å². The first-order chi connectivity index (χ1) is 10.2. The lowest BCUT2D eigenvalue weighted by atomic mass is 10.3. The zero-order chi connectivity index (χ0) is 15.1. The van der Waals surface area contributed by atoms with Gasteiger partial charge in [-0.25, -0.2) is 4.79 Å². The third kappa shape index (κ3) is 4.89. The quantitative estimate of drug-likeness (QED) is 0.721. The molecular formula is C15H22ClN3O3. The van der Waals surface area contributed by atoms with E-state index >= 15 is 0 Å². The van der Waals surface area contributed by atoms with Gasteiger partial charge in [-0.2, -0.15) is 0 Å². The number of carbonyl (C=O) groups excluding carboxylic acids is 1. The number of carbonyl (C=O) groups is 1. The van der Waals surface area contributed by atoms with E-state index in [2.05, 4.69) is 17.6 Å². The third-order valence-corrected chi connectivity index (χ3v) is 3.19. The molecule has 22 heavy (non-hydrogen) atoms. The predicted octanol–water partition coefficient (Wildman–Crippen LogP) is 1.52. The molecule has 0 aliphatic rings. The van der Waals surface area contributed by atoms with E-state index in [9.17, 15) is 9.59 Å². The molecule has 0 saturated heterocycles. The second-order valence-electron chi connectivity index (χ2n) is 4.84. The number of fused-ring (bicyclic) bond motifs is 1. The average Bonchev–Trinajstić information content (AvgIpc) is 2.80. The first kappa shape index (κ1) is 18.3. The van der Waals surface area contributed by atoms with Crippen molar-refractivity contribution in [1.29, 1.82) is 0 Å². The van der Waals surface area contributed by atoms with Gasteiger partial charge in [0, 0.05) is 26.1 Å². The number of aryl methyl sites for hydroxylation is 1. The molecule has 1 heterocycles. The van der Waals surface area contributed by atoms with Crippen LogP contribution < -0.4 is 16.4 Å². The fourth-order valence-corrected chi connectivity index (χ4v) is 2.12. The number of para-hydroxylation sites is 2. The van der Waals surface area contributed by atoms with Crippen LogP contribution in [0.5, 0.6) is 0 Å². The topological polar surface area (TPSA) is 76.3 Å². The highest BCUT2D eigenvalue weighted by atomic mass is 35.5. The molecule has 1 amide bonds. The Labute approximate surface area is 135 Å². The van der Waals surface area contributed by atoms with Crippen LogP contribution in [0.1, 0.15) is 19.8 Å². The molecular weight excluding hydrogens is 306 g/mol. The molecule has 1 aromatic heterocycles. The molecule has 0 fully saturated rings. The lowest BCUT2D eigenvalue weighted by molar-refractivity contribution is -0.121. The molecule has 2 aromatic rings. The Bertz CT molecular complexity index is 651. The number of aromatic nitrogens is 1. The van der Waals surface area contributed by atoms with Gasteiger partial charge < -0.3 is 15.1 Å². The molecule has 2 N–H and O–H groups in total. The van der Waals surface area contributed by atoms with E-state index in [-0.39, 0.29) is 24.7 Å². The van der Waals surface area contributed by atoms with Gasteiger partial charge in [0.25, 0.3) is 0 Å². The molecule has 0 aliphatic heterocycles. The van der Waals surface area contributed by atoms with Gasteiger partial charge in [-0.3, -0.25) is 9.36 Å². The molecule has 7 heteroatoms. The molecule has 0 atom stereocenters. The number of hydrogen-bond donors (Lipinski definition) is 2. The van der Waals surface area contributed by atoms with Crippen LogP contribution in [0, 0.1) is 0 Å². The molecule has 1 aromatic carbocycles.